The van der Waals surface area contributed by atoms with Crippen molar-refractivity contribution in [2.75, 3.05) is 5.88 Å². The van der Waals surface area contributed by atoms with E-state index in [0.717, 1.165) is 6.20 Å². The molecule has 0 N–H and O–H groups in total. The topological polar surface area (TPSA) is 90.2 Å². The lowest BCUT2D eigenvalue weighted by molar-refractivity contribution is -0.380. The lowest BCUT2D eigenvalue weighted by atomic mass is 10.6. The second-order valence-corrected chi connectivity index (χ2v) is 6.59. The molecule has 1 atom stereocenters. The zero-order chi connectivity index (χ0) is 11.6. The van der Waals surface area contributed by atoms with E-state index in [1.165, 1.54) is 6.92 Å². The highest BCUT2D eigenvalue weighted by molar-refractivity contribution is 7.94. The van der Waals surface area contributed by atoms with Crippen LogP contribution in [0.5, 0.6) is 0 Å². The summed E-state index contributed by atoms with van der Waals surface area (Å²) in [5.74, 6) is -0.0737. The number of nitro groups is 1. The molecule has 0 spiro atoms. The van der Waals surface area contributed by atoms with Gasteiger partial charge in [-0.1, -0.05) is 0 Å². The molecule has 0 saturated heterocycles. The molecule has 1 rings (SSSR count). The Bertz CT molecular complexity index is 469. The van der Waals surface area contributed by atoms with Gasteiger partial charge in [0.05, 0.1) is 10.2 Å². The molecule has 1 aromatic rings. The number of alkyl halides is 1. The number of hydrogen-bond donors (Lipinski definition) is 0. The van der Waals surface area contributed by atoms with Crippen LogP contribution in [0.15, 0.2) is 10.5 Å². The standard InChI is InChI=1S/C6H7ClN2O4S2/c1-4(2-7)15(12,13)6-8-3-5(14-6)9(10)11/h3-4H,2H2,1H3. The summed E-state index contributed by atoms with van der Waals surface area (Å²) in [5.41, 5.74) is 0. The molecule has 9 heteroatoms. The van der Waals surface area contributed by atoms with Crippen LogP contribution in [0, 0.1) is 10.1 Å². The largest absolute Gasteiger partial charge is 0.344 e. The molecule has 6 nitrogen and oxygen atoms in total. The summed E-state index contributed by atoms with van der Waals surface area (Å²) in [4.78, 5) is 13.2. The van der Waals surface area contributed by atoms with Gasteiger partial charge in [-0.3, -0.25) is 10.1 Å². The van der Waals surface area contributed by atoms with E-state index in [1.807, 2.05) is 0 Å². The molecule has 0 saturated carbocycles. The molecule has 0 radical (unpaired) electrons. The van der Waals surface area contributed by atoms with Crippen LogP contribution in [0.1, 0.15) is 6.92 Å². The fourth-order valence-corrected chi connectivity index (χ4v) is 3.61. The maximum atomic E-state index is 11.6. The zero-order valence-corrected chi connectivity index (χ0v) is 9.97. The first-order valence-corrected chi connectivity index (χ1v) is 6.69. The van der Waals surface area contributed by atoms with E-state index >= 15 is 0 Å². The van der Waals surface area contributed by atoms with Gasteiger partial charge < -0.3 is 0 Å². The van der Waals surface area contributed by atoms with Gasteiger partial charge in [0.25, 0.3) is 0 Å². The van der Waals surface area contributed by atoms with Crippen molar-refractivity contribution >= 4 is 37.8 Å². The van der Waals surface area contributed by atoms with Crippen LogP contribution in [-0.4, -0.2) is 29.5 Å². The molecule has 0 bridgehead atoms. The van der Waals surface area contributed by atoms with E-state index in [2.05, 4.69) is 4.98 Å². The lowest BCUT2D eigenvalue weighted by Gasteiger charge is -2.04. The average molecular weight is 271 g/mol. The van der Waals surface area contributed by atoms with Crippen LogP contribution in [0.25, 0.3) is 0 Å². The molecular formula is C6H7ClN2O4S2. The summed E-state index contributed by atoms with van der Waals surface area (Å²) in [6.07, 6.45) is 0.929. The van der Waals surface area contributed by atoms with E-state index in [4.69, 9.17) is 11.6 Å². The number of aromatic nitrogens is 1. The van der Waals surface area contributed by atoms with Gasteiger partial charge in [0.15, 0.2) is 0 Å². The third-order valence-electron chi connectivity index (χ3n) is 1.64. The first kappa shape index (κ1) is 12.3. The quantitative estimate of drug-likeness (QED) is 0.469. The van der Waals surface area contributed by atoms with Crippen molar-refractivity contribution in [1.29, 1.82) is 0 Å². The minimum atomic E-state index is -3.63. The summed E-state index contributed by atoms with van der Waals surface area (Å²) in [6, 6.07) is 0. The summed E-state index contributed by atoms with van der Waals surface area (Å²) in [6.45, 7) is 1.43. The monoisotopic (exact) mass is 270 g/mol. The molecule has 15 heavy (non-hydrogen) atoms. The molecule has 0 fully saturated rings. The molecule has 84 valence electrons. The van der Waals surface area contributed by atoms with E-state index in [9.17, 15) is 18.5 Å². The molecular weight excluding hydrogens is 264 g/mol. The minimum Gasteiger partial charge on any atom is -0.257 e. The van der Waals surface area contributed by atoms with Crippen LogP contribution in [0.3, 0.4) is 0 Å². The number of halogens is 1. The number of rotatable bonds is 4. The first-order valence-electron chi connectivity index (χ1n) is 3.79. The molecule has 1 heterocycles. The Hall–Kier alpha value is -0.730. The van der Waals surface area contributed by atoms with E-state index in [1.54, 1.807) is 0 Å². The van der Waals surface area contributed by atoms with Crippen LogP contribution in [0.2, 0.25) is 0 Å². The van der Waals surface area contributed by atoms with E-state index in [-0.39, 0.29) is 15.2 Å². The van der Waals surface area contributed by atoms with Gasteiger partial charge >= 0.3 is 5.00 Å². The highest BCUT2D eigenvalue weighted by Crippen LogP contribution is 2.27. The van der Waals surface area contributed by atoms with Crippen molar-refractivity contribution in [3.05, 3.63) is 16.3 Å². The number of hydrogen-bond acceptors (Lipinski definition) is 6. The average Bonchev–Trinajstić information content (AvgIpc) is 2.65. The Morgan fingerprint density at radius 3 is 2.73 bits per heavy atom. The lowest BCUT2D eigenvalue weighted by Crippen LogP contribution is -2.19. The molecule has 0 aliphatic heterocycles. The van der Waals surface area contributed by atoms with Gasteiger partial charge in [-0.2, -0.15) is 0 Å². The zero-order valence-electron chi connectivity index (χ0n) is 7.58. The third kappa shape index (κ3) is 2.44. The summed E-state index contributed by atoms with van der Waals surface area (Å²) >= 11 is 5.95. The summed E-state index contributed by atoms with van der Waals surface area (Å²) in [7, 11) is -3.63. The summed E-state index contributed by atoms with van der Waals surface area (Å²) < 4.78 is 23.0. The second kappa shape index (κ2) is 4.42. The second-order valence-electron chi connectivity index (χ2n) is 2.73. The van der Waals surface area contributed by atoms with Crippen molar-refractivity contribution in [3.8, 4) is 0 Å². The van der Waals surface area contributed by atoms with E-state index < -0.39 is 20.0 Å². The van der Waals surface area contributed by atoms with Gasteiger partial charge in [0.1, 0.15) is 6.20 Å². The Balaban J connectivity index is 3.12. The highest BCUT2D eigenvalue weighted by atomic mass is 35.5. The number of nitrogens with zero attached hydrogens (tertiary/aromatic N) is 2. The molecule has 0 aromatic carbocycles. The Morgan fingerprint density at radius 2 is 2.33 bits per heavy atom. The normalized spacial score (nSPS) is 13.7. The highest BCUT2D eigenvalue weighted by Gasteiger charge is 2.28. The maximum Gasteiger partial charge on any atom is 0.344 e. The third-order valence-corrected chi connectivity index (χ3v) is 5.80. The van der Waals surface area contributed by atoms with Crippen molar-refractivity contribution < 1.29 is 13.3 Å². The van der Waals surface area contributed by atoms with E-state index in [0.29, 0.717) is 11.3 Å². The fraction of sp³-hybridized carbons (Fsp3) is 0.500. The van der Waals surface area contributed by atoms with Gasteiger partial charge in [-0.05, 0) is 18.3 Å². The van der Waals surface area contributed by atoms with Crippen LogP contribution in [0.4, 0.5) is 5.00 Å². The van der Waals surface area contributed by atoms with Crippen molar-refractivity contribution in [3.63, 3.8) is 0 Å². The van der Waals surface area contributed by atoms with Gasteiger partial charge in [0, 0.05) is 5.88 Å². The SMILES string of the molecule is CC(CCl)S(=O)(=O)c1ncc([N+](=O)[O-])s1. The van der Waals surface area contributed by atoms with Gasteiger partial charge in [0.2, 0.25) is 14.2 Å². The molecule has 1 unspecified atom stereocenters. The molecule has 0 aliphatic rings. The number of sulfone groups is 1. The van der Waals surface area contributed by atoms with Crippen LogP contribution >= 0.6 is 22.9 Å². The Kier molecular flexibility index (Phi) is 3.63. The molecule has 0 aliphatic carbocycles. The maximum absolute atomic E-state index is 11.6. The minimum absolute atomic E-state index is 0.0737. The van der Waals surface area contributed by atoms with Gasteiger partial charge in [-0.25, -0.2) is 13.4 Å². The Labute approximate surface area is 95.0 Å². The number of thiazole rings is 1. The smallest absolute Gasteiger partial charge is 0.257 e. The first-order chi connectivity index (χ1) is 6.89. The van der Waals surface area contributed by atoms with Gasteiger partial charge in [-0.15, -0.1) is 11.6 Å². The van der Waals surface area contributed by atoms with Crippen LogP contribution < -0.4 is 0 Å². The van der Waals surface area contributed by atoms with Crippen molar-refractivity contribution in [2.45, 2.75) is 16.5 Å². The fourth-order valence-electron chi connectivity index (χ4n) is 0.721. The summed E-state index contributed by atoms with van der Waals surface area (Å²) in [5, 5.41) is 9.24. The Morgan fingerprint density at radius 1 is 1.73 bits per heavy atom. The van der Waals surface area contributed by atoms with Crippen molar-refractivity contribution in [1.82, 2.24) is 4.98 Å². The van der Waals surface area contributed by atoms with Crippen molar-refractivity contribution in [2.24, 2.45) is 0 Å². The predicted octanol–water partition coefficient (Wildman–Crippen LogP) is 1.45. The molecule has 1 aromatic heterocycles. The predicted molar refractivity (Wildman–Crippen MR) is 56.1 cm³/mol. The molecule has 0 amide bonds. The van der Waals surface area contributed by atoms with Crippen LogP contribution in [-0.2, 0) is 9.84 Å².